The molecule has 0 atom stereocenters. The number of fused-ring (bicyclic) bond motifs is 1. The molecule has 0 radical (unpaired) electrons. The highest BCUT2D eigenvalue weighted by Gasteiger charge is 2.19. The molecule has 1 aromatic heterocycles. The van der Waals surface area contributed by atoms with Crippen molar-refractivity contribution in [2.75, 3.05) is 24.5 Å². The van der Waals surface area contributed by atoms with Crippen LogP contribution in [0.15, 0.2) is 54.6 Å². The van der Waals surface area contributed by atoms with Gasteiger partial charge in [-0.05, 0) is 31.5 Å². The number of benzene rings is 2. The fourth-order valence-electron chi connectivity index (χ4n) is 3.40. The van der Waals surface area contributed by atoms with Gasteiger partial charge in [-0.1, -0.05) is 36.4 Å². The van der Waals surface area contributed by atoms with E-state index in [-0.39, 0.29) is 18.0 Å². The summed E-state index contributed by atoms with van der Waals surface area (Å²) in [6.07, 6.45) is 0.857. The third-order valence-electron chi connectivity index (χ3n) is 4.79. The number of aromatic carboxylic acids is 1. The fraction of sp³-hybridized carbons (Fsp3) is 0.273. The lowest BCUT2D eigenvalue weighted by Crippen LogP contribution is -2.31. The Balaban J connectivity index is 1.56. The topological polar surface area (TPSA) is 85.4 Å². The van der Waals surface area contributed by atoms with Crippen LogP contribution in [0.4, 0.5) is 5.69 Å². The molecule has 0 saturated carbocycles. The van der Waals surface area contributed by atoms with Crippen LogP contribution >= 0.6 is 0 Å². The van der Waals surface area contributed by atoms with Crippen molar-refractivity contribution >= 4 is 28.5 Å². The van der Waals surface area contributed by atoms with E-state index in [0.29, 0.717) is 12.1 Å². The number of hydrogen-bond donors (Lipinski definition) is 3. The molecule has 0 aliphatic carbocycles. The average Bonchev–Trinajstić information content (AvgIpc) is 3.07. The Kier molecular flexibility index (Phi) is 6.32. The summed E-state index contributed by atoms with van der Waals surface area (Å²) >= 11 is 0. The summed E-state index contributed by atoms with van der Waals surface area (Å²) in [5.74, 6) is -1.23. The first-order valence-electron chi connectivity index (χ1n) is 9.49. The smallest absolute Gasteiger partial charge is 0.352 e. The Morgan fingerprint density at radius 3 is 2.50 bits per heavy atom. The van der Waals surface area contributed by atoms with Gasteiger partial charge in [0.05, 0.1) is 6.42 Å². The minimum atomic E-state index is -1.06. The summed E-state index contributed by atoms with van der Waals surface area (Å²) in [5.41, 5.74) is 2.50. The fourth-order valence-corrected chi connectivity index (χ4v) is 3.40. The minimum Gasteiger partial charge on any atom is -0.477 e. The standard InChI is InChI=1S/C22H25N3O3/c1-2-25(16-9-4-3-5-10-16)14-8-13-23-20(26)15-18-17-11-6-7-12-19(17)24-21(18)22(27)28/h3-7,9-12,24H,2,8,13-15H2,1H3,(H,23,26)(H,27,28). The van der Waals surface area contributed by atoms with Gasteiger partial charge in [-0.3, -0.25) is 4.79 Å². The molecule has 0 spiro atoms. The van der Waals surface area contributed by atoms with Crippen LogP contribution in [-0.4, -0.2) is 41.6 Å². The second-order valence-corrected chi connectivity index (χ2v) is 6.62. The first kappa shape index (κ1) is 19.5. The number of aromatic nitrogens is 1. The summed E-state index contributed by atoms with van der Waals surface area (Å²) in [6.45, 7) is 4.40. The average molecular weight is 379 g/mol. The highest BCUT2D eigenvalue weighted by Crippen LogP contribution is 2.23. The van der Waals surface area contributed by atoms with Gasteiger partial charge in [0, 0.05) is 41.8 Å². The van der Waals surface area contributed by atoms with Crippen LogP contribution in [0.1, 0.15) is 29.4 Å². The molecule has 2 aromatic carbocycles. The number of rotatable bonds is 9. The Labute approximate surface area is 164 Å². The number of nitrogens with one attached hydrogen (secondary N) is 2. The van der Waals surface area contributed by atoms with Crippen LogP contribution in [0.5, 0.6) is 0 Å². The van der Waals surface area contributed by atoms with Crippen LogP contribution in [0, 0.1) is 0 Å². The number of carbonyl (C=O) groups excluding carboxylic acids is 1. The van der Waals surface area contributed by atoms with E-state index in [2.05, 4.69) is 34.3 Å². The lowest BCUT2D eigenvalue weighted by atomic mass is 10.1. The molecule has 6 heteroatoms. The van der Waals surface area contributed by atoms with Gasteiger partial charge in [0.15, 0.2) is 0 Å². The van der Waals surface area contributed by atoms with Crippen LogP contribution in [-0.2, 0) is 11.2 Å². The lowest BCUT2D eigenvalue weighted by Gasteiger charge is -2.23. The molecule has 0 bridgehead atoms. The normalized spacial score (nSPS) is 10.8. The second kappa shape index (κ2) is 9.08. The van der Waals surface area contributed by atoms with Crippen LogP contribution in [0.25, 0.3) is 10.9 Å². The van der Waals surface area contributed by atoms with Gasteiger partial charge in [0.25, 0.3) is 0 Å². The van der Waals surface area contributed by atoms with Crippen molar-refractivity contribution in [1.29, 1.82) is 0 Å². The number of H-pyrrole nitrogens is 1. The van der Waals surface area contributed by atoms with Gasteiger partial charge in [0.2, 0.25) is 5.91 Å². The van der Waals surface area contributed by atoms with Gasteiger partial charge in [0.1, 0.15) is 5.69 Å². The number of hydrogen-bond acceptors (Lipinski definition) is 3. The van der Waals surface area contributed by atoms with Crippen LogP contribution < -0.4 is 10.2 Å². The molecule has 1 heterocycles. The summed E-state index contributed by atoms with van der Waals surface area (Å²) in [7, 11) is 0. The molecule has 0 saturated heterocycles. The maximum Gasteiger partial charge on any atom is 0.352 e. The molecular weight excluding hydrogens is 354 g/mol. The zero-order valence-corrected chi connectivity index (χ0v) is 15.9. The van der Waals surface area contributed by atoms with Crippen molar-refractivity contribution in [3.05, 3.63) is 65.9 Å². The van der Waals surface area contributed by atoms with E-state index >= 15 is 0 Å². The monoisotopic (exact) mass is 379 g/mol. The van der Waals surface area contributed by atoms with E-state index in [4.69, 9.17) is 0 Å². The Morgan fingerprint density at radius 2 is 1.79 bits per heavy atom. The van der Waals surface area contributed by atoms with E-state index in [0.717, 1.165) is 30.4 Å². The molecule has 3 aromatic rings. The van der Waals surface area contributed by atoms with Crippen molar-refractivity contribution in [2.24, 2.45) is 0 Å². The van der Waals surface area contributed by atoms with E-state index in [9.17, 15) is 14.7 Å². The van der Waals surface area contributed by atoms with Crippen LogP contribution in [0.3, 0.4) is 0 Å². The number of nitrogens with zero attached hydrogens (tertiary/aromatic N) is 1. The van der Waals surface area contributed by atoms with Crippen molar-refractivity contribution in [2.45, 2.75) is 19.8 Å². The zero-order chi connectivity index (χ0) is 19.9. The van der Waals surface area contributed by atoms with Crippen LogP contribution in [0.2, 0.25) is 0 Å². The van der Waals surface area contributed by atoms with Crippen molar-refractivity contribution in [3.8, 4) is 0 Å². The number of carbonyl (C=O) groups is 2. The van der Waals surface area contributed by atoms with E-state index in [1.165, 1.54) is 5.69 Å². The molecule has 3 N–H and O–H groups in total. The summed E-state index contributed by atoms with van der Waals surface area (Å²) in [5, 5.41) is 13.1. The van der Waals surface area contributed by atoms with E-state index < -0.39 is 5.97 Å². The predicted octanol–water partition coefficient (Wildman–Crippen LogP) is 3.44. The van der Waals surface area contributed by atoms with Gasteiger partial charge in [-0.25, -0.2) is 4.79 Å². The third-order valence-corrected chi connectivity index (χ3v) is 4.79. The Hall–Kier alpha value is -3.28. The van der Waals surface area contributed by atoms with E-state index in [1.54, 1.807) is 0 Å². The highest BCUT2D eigenvalue weighted by molar-refractivity contribution is 5.99. The van der Waals surface area contributed by atoms with Gasteiger partial charge in [-0.2, -0.15) is 0 Å². The minimum absolute atomic E-state index is 0.0435. The molecule has 146 valence electrons. The number of anilines is 1. The maximum atomic E-state index is 12.4. The van der Waals surface area contributed by atoms with Gasteiger partial charge < -0.3 is 20.3 Å². The number of carboxylic acids is 1. The SMILES string of the molecule is CCN(CCCNC(=O)Cc1c(C(=O)O)[nH]c2ccccc12)c1ccccc1. The number of carboxylic acid groups (broad SMARTS) is 1. The molecule has 1 amide bonds. The molecular formula is C22H25N3O3. The molecule has 28 heavy (non-hydrogen) atoms. The quantitative estimate of drug-likeness (QED) is 0.497. The van der Waals surface area contributed by atoms with Gasteiger partial charge in [-0.15, -0.1) is 0 Å². The largest absolute Gasteiger partial charge is 0.477 e. The number of para-hydroxylation sites is 2. The first-order valence-corrected chi connectivity index (χ1v) is 9.49. The number of aromatic amines is 1. The maximum absolute atomic E-state index is 12.4. The molecule has 3 rings (SSSR count). The molecule has 0 fully saturated rings. The third kappa shape index (κ3) is 4.52. The van der Waals surface area contributed by atoms with Gasteiger partial charge >= 0.3 is 5.97 Å². The summed E-state index contributed by atoms with van der Waals surface area (Å²) in [4.78, 5) is 29.0. The Bertz CT molecular complexity index is 950. The lowest BCUT2D eigenvalue weighted by molar-refractivity contribution is -0.120. The summed E-state index contributed by atoms with van der Waals surface area (Å²) < 4.78 is 0. The van der Waals surface area contributed by atoms with E-state index in [1.807, 2.05) is 42.5 Å². The zero-order valence-electron chi connectivity index (χ0n) is 15.9. The predicted molar refractivity (Wildman–Crippen MR) is 111 cm³/mol. The molecule has 0 aliphatic rings. The summed E-state index contributed by atoms with van der Waals surface area (Å²) in [6, 6.07) is 17.5. The van der Waals surface area contributed by atoms with Crippen molar-refractivity contribution < 1.29 is 14.7 Å². The molecule has 6 nitrogen and oxygen atoms in total. The molecule has 0 unspecified atom stereocenters. The second-order valence-electron chi connectivity index (χ2n) is 6.62. The number of amides is 1. The molecule has 0 aliphatic heterocycles. The van der Waals surface area contributed by atoms with Crippen molar-refractivity contribution in [1.82, 2.24) is 10.3 Å². The van der Waals surface area contributed by atoms with Crippen molar-refractivity contribution in [3.63, 3.8) is 0 Å². The Morgan fingerprint density at radius 1 is 1.07 bits per heavy atom. The highest BCUT2D eigenvalue weighted by atomic mass is 16.4. The first-order chi connectivity index (χ1) is 13.6.